The van der Waals surface area contributed by atoms with Gasteiger partial charge < -0.3 is 19.9 Å². The first-order valence-electron chi connectivity index (χ1n) is 15.7. The fourth-order valence-corrected chi connectivity index (χ4v) is 6.71. The second-order valence-electron chi connectivity index (χ2n) is 12.0. The summed E-state index contributed by atoms with van der Waals surface area (Å²) < 4.78 is 7.62. The van der Waals surface area contributed by atoms with Gasteiger partial charge in [-0.1, -0.05) is 92.5 Å². The lowest BCUT2D eigenvalue weighted by Crippen LogP contribution is -2.40. The zero-order chi connectivity index (χ0) is 36.2. The zero-order valence-corrected chi connectivity index (χ0v) is 31.0. The van der Waals surface area contributed by atoms with Crippen molar-refractivity contribution in [2.75, 3.05) is 21.9 Å². The summed E-state index contributed by atoms with van der Waals surface area (Å²) in [6.45, 7) is 8.38. The Bertz CT molecular complexity index is 1910. The van der Waals surface area contributed by atoms with Gasteiger partial charge in [-0.15, -0.1) is 5.10 Å². The van der Waals surface area contributed by atoms with Crippen molar-refractivity contribution < 1.29 is 19.1 Å². The molecule has 0 radical (unpaired) electrons. The van der Waals surface area contributed by atoms with Gasteiger partial charge in [-0.05, 0) is 72.5 Å². The summed E-state index contributed by atoms with van der Waals surface area (Å²) in [6, 6.07) is 15.6. The van der Waals surface area contributed by atoms with Crippen molar-refractivity contribution >= 4 is 87.3 Å². The lowest BCUT2D eigenvalue weighted by molar-refractivity contribution is -0.123. The summed E-state index contributed by atoms with van der Waals surface area (Å²) in [5.41, 5.74) is 2.17. The van der Waals surface area contributed by atoms with E-state index in [0.29, 0.717) is 28.7 Å². The predicted octanol–water partition coefficient (Wildman–Crippen LogP) is 8.77. The topological polar surface area (TPSA) is 130 Å². The van der Waals surface area contributed by atoms with E-state index in [0.717, 1.165) is 11.4 Å². The average molecular weight is 757 g/mol. The van der Waals surface area contributed by atoms with E-state index in [9.17, 15) is 14.4 Å². The Hall–Kier alpha value is -4.23. The molecule has 1 aliphatic heterocycles. The summed E-state index contributed by atoms with van der Waals surface area (Å²) in [6.07, 6.45) is 5.66. The number of rotatable bonds is 11. The maximum atomic E-state index is 13.8. The minimum absolute atomic E-state index is 0.00145. The standard InChI is InChI=1S/C35H36Cl3N7O4S/c1-6-27(49-24-13-11-20(12-14-24)35(3,4)7-2)31(46)40-22-9-8-10-23(19-22)41-33(48)42-30-29(44-16-15-39-34(44)50-5)32(47)45(43-30)28-25(37)17-21(36)18-26(28)38/h8-19,27,29H,6-7H2,1-5H3,(H,40,46)(H2,41,42,43,48). The van der Waals surface area contributed by atoms with E-state index in [-0.39, 0.29) is 37.9 Å². The molecular weight excluding hydrogens is 721 g/mol. The van der Waals surface area contributed by atoms with Gasteiger partial charge >= 0.3 is 6.03 Å². The van der Waals surface area contributed by atoms with Crippen LogP contribution in [0.4, 0.5) is 21.9 Å². The molecule has 1 aliphatic rings. The van der Waals surface area contributed by atoms with Crippen LogP contribution in [0, 0.1) is 0 Å². The number of halogens is 3. The Morgan fingerprint density at radius 2 is 1.64 bits per heavy atom. The zero-order valence-electron chi connectivity index (χ0n) is 28.0. The highest BCUT2D eigenvalue weighted by Crippen LogP contribution is 2.40. The second kappa shape index (κ2) is 15.8. The molecule has 0 bridgehead atoms. The predicted molar refractivity (Wildman–Crippen MR) is 201 cm³/mol. The summed E-state index contributed by atoms with van der Waals surface area (Å²) in [5.74, 6) is -0.265. The van der Waals surface area contributed by atoms with Crippen molar-refractivity contribution in [1.29, 1.82) is 0 Å². The normalized spacial score (nSPS) is 15.0. The van der Waals surface area contributed by atoms with Crippen molar-refractivity contribution in [2.45, 2.75) is 63.3 Å². The first-order chi connectivity index (χ1) is 23.8. The maximum Gasteiger partial charge on any atom is 0.324 e. The number of hydrogen-bond acceptors (Lipinski definition) is 7. The molecule has 11 nitrogen and oxygen atoms in total. The monoisotopic (exact) mass is 755 g/mol. The fourth-order valence-electron chi connectivity index (χ4n) is 5.19. The first-order valence-corrected chi connectivity index (χ1v) is 18.1. The molecule has 3 aromatic carbocycles. The van der Waals surface area contributed by atoms with Gasteiger partial charge in [0, 0.05) is 28.8 Å². The van der Waals surface area contributed by atoms with Crippen LogP contribution in [0.3, 0.4) is 0 Å². The van der Waals surface area contributed by atoms with Gasteiger partial charge in [-0.25, -0.2) is 9.78 Å². The number of carbonyl (C=O) groups is 3. The molecule has 2 atom stereocenters. The SMILES string of the molecule is CCC(Oc1ccc(C(C)(C)CC)cc1)C(=O)Nc1cccc(NC(=O)NC2=NN(c3c(Cl)cc(Cl)cc3Cl)C(=O)C2n2ccnc2SC)c1. The minimum atomic E-state index is -1.08. The summed E-state index contributed by atoms with van der Waals surface area (Å²) in [4.78, 5) is 44.6. The number of thioether (sulfide) groups is 1. The van der Waals surface area contributed by atoms with Gasteiger partial charge in [0.1, 0.15) is 11.4 Å². The van der Waals surface area contributed by atoms with Gasteiger partial charge in [0.05, 0.1) is 10.0 Å². The van der Waals surface area contributed by atoms with E-state index >= 15 is 0 Å². The molecule has 0 aliphatic carbocycles. The largest absolute Gasteiger partial charge is 0.481 e. The van der Waals surface area contributed by atoms with Gasteiger partial charge in [0.15, 0.2) is 23.1 Å². The third-order valence-corrected chi connectivity index (χ3v) is 9.76. The molecule has 0 fully saturated rings. The number of anilines is 3. The van der Waals surface area contributed by atoms with E-state index in [1.54, 1.807) is 41.2 Å². The summed E-state index contributed by atoms with van der Waals surface area (Å²) in [5, 5.41) is 14.7. The highest BCUT2D eigenvalue weighted by atomic mass is 35.5. The quantitative estimate of drug-likeness (QED) is 0.131. The number of nitrogens with zero attached hydrogens (tertiary/aromatic N) is 4. The Balaban J connectivity index is 1.30. The number of amidine groups is 1. The number of nitrogens with one attached hydrogen (secondary N) is 3. The molecule has 0 spiro atoms. The Morgan fingerprint density at radius 1 is 0.980 bits per heavy atom. The van der Waals surface area contributed by atoms with Crippen molar-refractivity contribution in [1.82, 2.24) is 14.9 Å². The van der Waals surface area contributed by atoms with Crippen LogP contribution >= 0.6 is 46.6 Å². The average Bonchev–Trinajstić information content (AvgIpc) is 3.66. The molecule has 50 heavy (non-hydrogen) atoms. The third kappa shape index (κ3) is 8.21. The number of hydrogen-bond donors (Lipinski definition) is 3. The van der Waals surface area contributed by atoms with Crippen molar-refractivity contribution in [2.24, 2.45) is 5.10 Å². The van der Waals surface area contributed by atoms with E-state index in [4.69, 9.17) is 39.5 Å². The van der Waals surface area contributed by atoms with Crippen molar-refractivity contribution in [3.05, 3.63) is 93.7 Å². The second-order valence-corrected chi connectivity index (χ2v) is 14.0. The Labute approximate surface area is 309 Å². The van der Waals surface area contributed by atoms with Gasteiger partial charge in [0.25, 0.3) is 11.8 Å². The van der Waals surface area contributed by atoms with Crippen molar-refractivity contribution in [3.63, 3.8) is 0 Å². The lowest BCUT2D eigenvalue weighted by atomic mass is 9.82. The fraction of sp³-hybridized carbons (Fsp3) is 0.286. The van der Waals surface area contributed by atoms with Crippen LogP contribution in [0.5, 0.6) is 5.75 Å². The molecule has 2 heterocycles. The Kier molecular flexibility index (Phi) is 11.7. The number of aromatic nitrogens is 2. The van der Waals surface area contributed by atoms with Crippen molar-refractivity contribution in [3.8, 4) is 5.75 Å². The van der Waals surface area contributed by atoms with E-state index in [1.165, 1.54) is 29.5 Å². The molecule has 0 saturated carbocycles. The number of urea groups is 1. The molecule has 0 saturated heterocycles. The van der Waals surface area contributed by atoms with Crippen LogP contribution in [-0.4, -0.2) is 45.6 Å². The minimum Gasteiger partial charge on any atom is -0.481 e. The van der Waals surface area contributed by atoms with Gasteiger partial charge in [-0.3, -0.25) is 14.9 Å². The number of imidazole rings is 1. The Morgan fingerprint density at radius 3 is 2.26 bits per heavy atom. The molecule has 3 N–H and O–H groups in total. The summed E-state index contributed by atoms with van der Waals surface area (Å²) in [7, 11) is 0. The molecule has 2 unspecified atom stereocenters. The molecule has 4 amide bonds. The highest BCUT2D eigenvalue weighted by molar-refractivity contribution is 7.98. The van der Waals surface area contributed by atoms with E-state index in [2.05, 4.69) is 46.8 Å². The first kappa shape index (κ1) is 37.0. The van der Waals surface area contributed by atoms with Gasteiger partial charge in [0.2, 0.25) is 0 Å². The molecule has 262 valence electrons. The van der Waals surface area contributed by atoms with Gasteiger partial charge in [-0.2, -0.15) is 5.01 Å². The molecular formula is C35H36Cl3N7O4S. The number of amides is 4. The summed E-state index contributed by atoms with van der Waals surface area (Å²) >= 11 is 20.3. The number of benzene rings is 3. The maximum absolute atomic E-state index is 13.8. The smallest absolute Gasteiger partial charge is 0.324 e. The number of ether oxygens (including phenoxy) is 1. The lowest BCUT2D eigenvalue weighted by Gasteiger charge is -2.24. The highest BCUT2D eigenvalue weighted by Gasteiger charge is 2.41. The molecule has 4 aromatic rings. The molecule has 15 heteroatoms. The third-order valence-electron chi connectivity index (χ3n) is 8.29. The van der Waals surface area contributed by atoms with Crippen LogP contribution in [0.2, 0.25) is 15.1 Å². The van der Waals surface area contributed by atoms with E-state index in [1.807, 2.05) is 37.4 Å². The molecule has 5 rings (SSSR count). The number of hydrazone groups is 1. The van der Waals surface area contributed by atoms with Crippen LogP contribution in [-0.2, 0) is 15.0 Å². The van der Waals surface area contributed by atoms with Crippen LogP contribution in [0.1, 0.15) is 52.1 Å². The number of carbonyl (C=O) groups excluding carboxylic acids is 3. The van der Waals surface area contributed by atoms with Crippen LogP contribution in [0.15, 0.2) is 83.3 Å². The van der Waals surface area contributed by atoms with E-state index < -0.39 is 24.1 Å². The van der Waals surface area contributed by atoms with Crippen LogP contribution in [0.25, 0.3) is 0 Å². The van der Waals surface area contributed by atoms with Crippen LogP contribution < -0.4 is 25.7 Å². The molecule has 1 aromatic heterocycles.